The fraction of sp³-hybridized carbons (Fsp3) is 0.176. The van der Waals surface area contributed by atoms with E-state index in [-0.39, 0.29) is 11.8 Å². The number of hydrogen-bond acceptors (Lipinski definition) is 2. The molecule has 1 aromatic heterocycles. The largest absolute Gasteiger partial charge is 0.317 e. The van der Waals surface area contributed by atoms with Crippen molar-refractivity contribution in [3.8, 4) is 0 Å². The van der Waals surface area contributed by atoms with Crippen LogP contribution in [0.2, 0.25) is 5.02 Å². The molecule has 0 fully saturated rings. The van der Waals surface area contributed by atoms with Crippen molar-refractivity contribution in [1.82, 2.24) is 9.55 Å². The first-order valence-corrected chi connectivity index (χ1v) is 7.19. The Balaban J connectivity index is 2.04. The van der Waals surface area contributed by atoms with Crippen molar-refractivity contribution in [3.05, 3.63) is 64.9 Å². The van der Waals surface area contributed by atoms with Crippen molar-refractivity contribution < 1.29 is 4.79 Å². The second-order valence-corrected chi connectivity index (χ2v) is 5.50. The topological polar surface area (TPSA) is 34.9 Å². The highest BCUT2D eigenvalue weighted by molar-refractivity contribution is 6.30. The summed E-state index contributed by atoms with van der Waals surface area (Å²) in [7, 11) is 0. The van der Waals surface area contributed by atoms with Crippen LogP contribution in [-0.2, 0) is 0 Å². The number of benzene rings is 2. The van der Waals surface area contributed by atoms with Crippen LogP contribution >= 0.6 is 11.6 Å². The zero-order valence-corrected chi connectivity index (χ0v) is 12.6. The van der Waals surface area contributed by atoms with E-state index in [1.165, 1.54) is 0 Å². The molecule has 106 valence electrons. The SMILES string of the molecule is Cc1nc2ccccc2n1C(C)C(=O)c1ccc(Cl)cc1. The third kappa shape index (κ3) is 2.45. The molecule has 21 heavy (non-hydrogen) atoms. The number of fused-ring (bicyclic) bond motifs is 1. The maximum absolute atomic E-state index is 12.7. The molecule has 1 unspecified atom stereocenters. The number of halogens is 1. The highest BCUT2D eigenvalue weighted by Crippen LogP contribution is 2.24. The molecule has 0 amide bonds. The van der Waals surface area contributed by atoms with Crippen molar-refractivity contribution in [3.63, 3.8) is 0 Å². The molecular weight excluding hydrogens is 284 g/mol. The normalized spacial score (nSPS) is 12.5. The van der Waals surface area contributed by atoms with Crippen molar-refractivity contribution in [2.75, 3.05) is 0 Å². The highest BCUT2D eigenvalue weighted by atomic mass is 35.5. The standard InChI is InChI=1S/C17H15ClN2O/c1-11(17(21)13-7-9-14(18)10-8-13)20-12(2)19-15-5-3-4-6-16(15)20/h3-11H,1-2H3. The Morgan fingerprint density at radius 1 is 1.14 bits per heavy atom. The lowest BCUT2D eigenvalue weighted by molar-refractivity contribution is 0.0935. The number of hydrogen-bond donors (Lipinski definition) is 0. The van der Waals surface area contributed by atoms with Crippen LogP contribution in [0.3, 0.4) is 0 Å². The minimum atomic E-state index is -0.307. The predicted octanol–water partition coefficient (Wildman–Crippen LogP) is 4.44. The molecule has 3 rings (SSSR count). The number of carbonyl (C=O) groups is 1. The quantitative estimate of drug-likeness (QED) is 0.670. The van der Waals surface area contributed by atoms with Crippen LogP contribution in [-0.4, -0.2) is 15.3 Å². The van der Waals surface area contributed by atoms with Crippen LogP contribution in [0.25, 0.3) is 11.0 Å². The van der Waals surface area contributed by atoms with Crippen molar-refractivity contribution >= 4 is 28.4 Å². The van der Waals surface area contributed by atoms with Crippen LogP contribution in [0.15, 0.2) is 48.5 Å². The molecule has 1 heterocycles. The third-order valence-electron chi connectivity index (χ3n) is 3.67. The van der Waals surface area contributed by atoms with Crippen molar-refractivity contribution in [1.29, 1.82) is 0 Å². The van der Waals surface area contributed by atoms with Crippen LogP contribution in [0.4, 0.5) is 0 Å². The van der Waals surface area contributed by atoms with Crippen molar-refractivity contribution in [2.45, 2.75) is 19.9 Å². The number of imidazole rings is 1. The zero-order valence-electron chi connectivity index (χ0n) is 11.9. The minimum Gasteiger partial charge on any atom is -0.317 e. The van der Waals surface area contributed by atoms with E-state index < -0.39 is 0 Å². The smallest absolute Gasteiger partial charge is 0.185 e. The second kappa shape index (κ2) is 5.34. The van der Waals surface area contributed by atoms with Crippen LogP contribution in [0.1, 0.15) is 29.1 Å². The molecule has 0 saturated carbocycles. The maximum atomic E-state index is 12.7. The minimum absolute atomic E-state index is 0.0536. The van der Waals surface area contributed by atoms with Gasteiger partial charge < -0.3 is 4.57 Å². The van der Waals surface area contributed by atoms with Gasteiger partial charge in [-0.3, -0.25) is 4.79 Å². The average Bonchev–Trinajstić information content (AvgIpc) is 2.82. The van der Waals surface area contributed by atoms with Gasteiger partial charge in [0, 0.05) is 10.6 Å². The number of aryl methyl sites for hydroxylation is 1. The number of Topliss-reactive ketones (excluding diaryl/α,β-unsaturated/α-hetero) is 1. The molecule has 0 spiro atoms. The van der Waals surface area contributed by atoms with E-state index in [1.807, 2.05) is 42.7 Å². The monoisotopic (exact) mass is 298 g/mol. The molecular formula is C17H15ClN2O. The third-order valence-corrected chi connectivity index (χ3v) is 3.92. The van der Waals surface area contributed by atoms with E-state index >= 15 is 0 Å². The summed E-state index contributed by atoms with van der Waals surface area (Å²) >= 11 is 5.87. The van der Waals surface area contributed by atoms with E-state index in [0.29, 0.717) is 10.6 Å². The lowest BCUT2D eigenvalue weighted by Crippen LogP contribution is -2.17. The summed E-state index contributed by atoms with van der Waals surface area (Å²) in [5.41, 5.74) is 2.54. The Kier molecular flexibility index (Phi) is 3.52. The summed E-state index contributed by atoms with van der Waals surface area (Å²) in [5.74, 6) is 0.893. The Morgan fingerprint density at radius 2 is 1.81 bits per heavy atom. The van der Waals surface area contributed by atoms with Gasteiger partial charge in [0.1, 0.15) is 5.82 Å². The fourth-order valence-corrected chi connectivity index (χ4v) is 2.75. The molecule has 0 bridgehead atoms. The van der Waals surface area contributed by atoms with Gasteiger partial charge in [-0.05, 0) is 50.2 Å². The number of carbonyl (C=O) groups excluding carboxylic acids is 1. The summed E-state index contributed by atoms with van der Waals surface area (Å²) in [4.78, 5) is 17.2. The lowest BCUT2D eigenvalue weighted by atomic mass is 10.1. The summed E-state index contributed by atoms with van der Waals surface area (Å²) in [6.45, 7) is 3.82. The zero-order chi connectivity index (χ0) is 15.0. The number of nitrogens with zero attached hydrogens (tertiary/aromatic N) is 2. The van der Waals surface area contributed by atoms with Gasteiger partial charge in [-0.1, -0.05) is 23.7 Å². The predicted molar refractivity (Wildman–Crippen MR) is 85.0 cm³/mol. The number of aromatic nitrogens is 2. The first-order valence-electron chi connectivity index (χ1n) is 6.81. The summed E-state index contributed by atoms with van der Waals surface area (Å²) in [5, 5.41) is 0.628. The van der Waals surface area contributed by atoms with E-state index in [4.69, 9.17) is 11.6 Å². The van der Waals surface area contributed by atoms with Gasteiger partial charge in [0.2, 0.25) is 0 Å². The van der Waals surface area contributed by atoms with Gasteiger partial charge in [0.05, 0.1) is 17.1 Å². The average molecular weight is 299 g/mol. The van der Waals surface area contributed by atoms with E-state index in [1.54, 1.807) is 24.3 Å². The number of rotatable bonds is 3. The second-order valence-electron chi connectivity index (χ2n) is 5.06. The molecule has 0 aliphatic heterocycles. The lowest BCUT2D eigenvalue weighted by Gasteiger charge is -2.15. The molecule has 0 radical (unpaired) electrons. The molecule has 0 aliphatic rings. The van der Waals surface area contributed by atoms with Crippen LogP contribution in [0, 0.1) is 6.92 Å². The molecule has 3 aromatic rings. The molecule has 1 atom stereocenters. The number of ketones is 1. The van der Waals surface area contributed by atoms with Crippen molar-refractivity contribution in [2.24, 2.45) is 0 Å². The van der Waals surface area contributed by atoms with Gasteiger partial charge >= 0.3 is 0 Å². The van der Waals surface area contributed by atoms with Gasteiger partial charge in [-0.2, -0.15) is 0 Å². The highest BCUT2D eigenvalue weighted by Gasteiger charge is 2.20. The maximum Gasteiger partial charge on any atom is 0.185 e. The summed E-state index contributed by atoms with van der Waals surface area (Å²) in [6.07, 6.45) is 0. The molecule has 0 saturated heterocycles. The molecule has 3 nitrogen and oxygen atoms in total. The van der Waals surface area contributed by atoms with E-state index in [0.717, 1.165) is 16.9 Å². The van der Waals surface area contributed by atoms with Gasteiger partial charge in [-0.15, -0.1) is 0 Å². The Labute approximate surface area is 128 Å². The van der Waals surface area contributed by atoms with E-state index in [9.17, 15) is 4.79 Å². The number of para-hydroxylation sites is 2. The first-order chi connectivity index (χ1) is 10.1. The Hall–Kier alpha value is -2.13. The molecule has 2 aromatic carbocycles. The molecule has 0 N–H and O–H groups in total. The van der Waals surface area contributed by atoms with Gasteiger partial charge in [0.15, 0.2) is 5.78 Å². The first kappa shape index (κ1) is 13.8. The van der Waals surface area contributed by atoms with Gasteiger partial charge in [-0.25, -0.2) is 4.98 Å². The summed E-state index contributed by atoms with van der Waals surface area (Å²) in [6, 6.07) is 14.5. The Morgan fingerprint density at radius 3 is 2.52 bits per heavy atom. The fourth-order valence-electron chi connectivity index (χ4n) is 2.63. The molecule has 4 heteroatoms. The van der Waals surface area contributed by atoms with E-state index in [2.05, 4.69) is 4.98 Å². The van der Waals surface area contributed by atoms with Crippen LogP contribution in [0.5, 0.6) is 0 Å². The van der Waals surface area contributed by atoms with Crippen LogP contribution < -0.4 is 0 Å². The Bertz CT molecular complexity index is 805. The molecule has 0 aliphatic carbocycles. The van der Waals surface area contributed by atoms with Gasteiger partial charge in [0.25, 0.3) is 0 Å². The summed E-state index contributed by atoms with van der Waals surface area (Å²) < 4.78 is 1.98.